The molecule has 2 heterocycles. The number of hydrogen-bond acceptors (Lipinski definition) is 10. The standard InChI is InChI=1S/C31H28BrFN4O5S2/c1-18(2)29(44(38)39)14-41-15-30-37-26(16-43-30)22-11-23-25(12-28(22)40-3)34-17-35-31(23)36-21-7-8-27(24(32)10-21)42-13-19-5-4-6-20(33)9-19/h4-12,16-18H,13-15H2,1-3H3,(H,34,35,36). The Bertz CT molecular complexity index is 1940. The minimum absolute atomic E-state index is 0.0184. The van der Waals surface area contributed by atoms with Crippen LogP contribution in [0.3, 0.4) is 0 Å². The highest BCUT2D eigenvalue weighted by molar-refractivity contribution is 9.10. The molecule has 0 fully saturated rings. The van der Waals surface area contributed by atoms with Gasteiger partial charge in [0.1, 0.15) is 41.1 Å². The van der Waals surface area contributed by atoms with Gasteiger partial charge in [-0.05, 0) is 63.8 Å². The largest absolute Gasteiger partial charge is 0.496 e. The Morgan fingerprint density at radius 3 is 2.64 bits per heavy atom. The quantitative estimate of drug-likeness (QED) is 0.135. The van der Waals surface area contributed by atoms with E-state index in [0.717, 1.165) is 26.7 Å². The van der Waals surface area contributed by atoms with E-state index in [-0.39, 0.29) is 31.6 Å². The van der Waals surface area contributed by atoms with E-state index in [9.17, 15) is 12.8 Å². The molecule has 0 unspecified atom stereocenters. The number of rotatable bonds is 12. The van der Waals surface area contributed by atoms with E-state index in [0.29, 0.717) is 38.4 Å². The summed E-state index contributed by atoms with van der Waals surface area (Å²) >= 11 is 4.98. The molecule has 0 saturated carbocycles. The van der Waals surface area contributed by atoms with Crippen molar-refractivity contribution in [2.75, 3.05) is 19.0 Å². The third-order valence-corrected chi connectivity index (χ3v) is 9.05. The summed E-state index contributed by atoms with van der Waals surface area (Å²) in [6, 6.07) is 15.6. The van der Waals surface area contributed by atoms with Crippen LogP contribution in [0.5, 0.6) is 11.5 Å². The third-order valence-electron chi connectivity index (χ3n) is 6.59. The molecule has 228 valence electrons. The summed E-state index contributed by atoms with van der Waals surface area (Å²) in [4.78, 5) is 13.9. The van der Waals surface area contributed by atoms with Crippen molar-refractivity contribution in [2.24, 2.45) is 5.92 Å². The second kappa shape index (κ2) is 14.2. The summed E-state index contributed by atoms with van der Waals surface area (Å²) in [5.74, 6) is 1.35. The van der Waals surface area contributed by atoms with Gasteiger partial charge in [0.2, 0.25) is 10.3 Å². The Kier molecular flexibility index (Phi) is 10.2. The highest BCUT2D eigenvalue weighted by atomic mass is 79.9. The molecule has 0 amide bonds. The smallest absolute Gasteiger partial charge is 0.215 e. The van der Waals surface area contributed by atoms with Gasteiger partial charge in [-0.15, -0.1) is 11.3 Å². The van der Waals surface area contributed by atoms with Crippen LogP contribution in [0.2, 0.25) is 0 Å². The zero-order valence-corrected chi connectivity index (χ0v) is 27.2. The second-order valence-corrected chi connectivity index (χ2v) is 12.7. The maximum absolute atomic E-state index is 13.5. The number of hydrogen-bond donors (Lipinski definition) is 1. The molecule has 9 nitrogen and oxygen atoms in total. The van der Waals surface area contributed by atoms with Crippen molar-refractivity contribution in [1.29, 1.82) is 0 Å². The summed E-state index contributed by atoms with van der Waals surface area (Å²) in [5, 5.41) is 6.72. The molecule has 0 aliphatic carbocycles. The SMILES string of the molecule is COc1cc2ncnc(Nc3ccc(OCc4cccc(F)c4)c(Br)c3)c2cc1-c1csc(COCC(C(C)C)=S(=O)=O)n1. The topological polar surface area (TPSA) is 113 Å². The summed E-state index contributed by atoms with van der Waals surface area (Å²) in [6.07, 6.45) is 1.48. The predicted molar refractivity (Wildman–Crippen MR) is 174 cm³/mol. The highest BCUT2D eigenvalue weighted by Crippen LogP contribution is 2.37. The maximum atomic E-state index is 13.5. The van der Waals surface area contributed by atoms with Gasteiger partial charge < -0.3 is 19.5 Å². The Balaban J connectivity index is 1.35. The zero-order valence-electron chi connectivity index (χ0n) is 24.0. The van der Waals surface area contributed by atoms with Crippen molar-refractivity contribution in [3.05, 3.63) is 87.2 Å². The first-order valence-electron chi connectivity index (χ1n) is 13.5. The molecule has 1 N–H and O–H groups in total. The maximum Gasteiger partial charge on any atom is 0.215 e. The fraction of sp³-hybridized carbons (Fsp3) is 0.226. The number of benzene rings is 3. The van der Waals surface area contributed by atoms with E-state index >= 15 is 0 Å². The second-order valence-electron chi connectivity index (χ2n) is 9.96. The summed E-state index contributed by atoms with van der Waals surface area (Å²) in [6.45, 7) is 4.06. The molecule has 0 spiro atoms. The van der Waals surface area contributed by atoms with Crippen molar-refractivity contribution < 1.29 is 27.0 Å². The first-order valence-corrected chi connectivity index (χ1v) is 16.2. The normalized spacial score (nSPS) is 11.1. The monoisotopic (exact) mass is 698 g/mol. The van der Waals surface area contributed by atoms with Crippen molar-refractivity contribution in [3.8, 4) is 22.8 Å². The van der Waals surface area contributed by atoms with Crippen LogP contribution in [0.25, 0.3) is 22.2 Å². The predicted octanol–water partition coefficient (Wildman–Crippen LogP) is 7.21. The molecule has 3 aromatic carbocycles. The number of aromatic nitrogens is 3. The fourth-order valence-electron chi connectivity index (χ4n) is 4.32. The van der Waals surface area contributed by atoms with E-state index < -0.39 is 10.3 Å². The number of halogens is 2. The van der Waals surface area contributed by atoms with Gasteiger partial charge in [0.25, 0.3) is 0 Å². The van der Waals surface area contributed by atoms with Gasteiger partial charge in [-0.25, -0.2) is 19.3 Å². The molecular weight excluding hydrogens is 671 g/mol. The number of methoxy groups -OCH3 is 1. The Hall–Kier alpha value is -3.91. The van der Waals surface area contributed by atoms with Crippen LogP contribution < -0.4 is 14.8 Å². The molecule has 0 bridgehead atoms. The van der Waals surface area contributed by atoms with Gasteiger partial charge in [-0.3, -0.25) is 0 Å². The van der Waals surface area contributed by atoms with Gasteiger partial charge >= 0.3 is 0 Å². The number of thiazole rings is 1. The van der Waals surface area contributed by atoms with Crippen molar-refractivity contribution in [1.82, 2.24) is 15.0 Å². The van der Waals surface area contributed by atoms with Crippen molar-refractivity contribution in [2.45, 2.75) is 27.1 Å². The van der Waals surface area contributed by atoms with Crippen LogP contribution in [-0.2, 0) is 28.2 Å². The Labute approximate surface area is 267 Å². The molecule has 0 aliphatic rings. The first-order chi connectivity index (χ1) is 21.2. The molecule has 5 rings (SSSR count). The molecule has 5 aromatic rings. The zero-order chi connectivity index (χ0) is 31.2. The number of fused-ring (bicyclic) bond motifs is 1. The van der Waals surface area contributed by atoms with Gasteiger partial charge in [-0.1, -0.05) is 26.0 Å². The Morgan fingerprint density at radius 1 is 1.07 bits per heavy atom. The van der Waals surface area contributed by atoms with Crippen LogP contribution in [0.4, 0.5) is 15.9 Å². The average Bonchev–Trinajstić information content (AvgIpc) is 3.47. The number of nitrogens with zero attached hydrogens (tertiary/aromatic N) is 3. The van der Waals surface area contributed by atoms with Crippen LogP contribution in [0, 0.1) is 11.7 Å². The summed E-state index contributed by atoms with van der Waals surface area (Å²) in [5.41, 5.74) is 3.60. The lowest BCUT2D eigenvalue weighted by Crippen LogP contribution is -2.16. The lowest BCUT2D eigenvalue weighted by molar-refractivity contribution is 0.157. The molecule has 13 heteroatoms. The van der Waals surface area contributed by atoms with Gasteiger partial charge in [0.15, 0.2) is 0 Å². The van der Waals surface area contributed by atoms with Gasteiger partial charge in [0.05, 0.1) is 40.9 Å². The molecule has 0 saturated heterocycles. The summed E-state index contributed by atoms with van der Waals surface area (Å²) < 4.78 is 54.3. The van der Waals surface area contributed by atoms with E-state index in [1.807, 2.05) is 49.6 Å². The summed E-state index contributed by atoms with van der Waals surface area (Å²) in [7, 11) is -0.706. The average molecular weight is 700 g/mol. The molecule has 2 aromatic heterocycles. The minimum atomic E-state index is -2.29. The van der Waals surface area contributed by atoms with E-state index in [1.165, 1.54) is 29.8 Å². The molecule has 0 radical (unpaired) electrons. The first kappa shape index (κ1) is 31.5. The van der Waals surface area contributed by atoms with Crippen molar-refractivity contribution >= 4 is 64.8 Å². The molecule has 0 aliphatic heterocycles. The van der Waals surface area contributed by atoms with Crippen LogP contribution in [0.1, 0.15) is 24.4 Å². The van der Waals surface area contributed by atoms with Crippen molar-refractivity contribution in [3.63, 3.8) is 0 Å². The van der Waals surface area contributed by atoms with Crippen LogP contribution >= 0.6 is 27.3 Å². The molecule has 44 heavy (non-hydrogen) atoms. The number of ether oxygens (including phenoxy) is 3. The minimum Gasteiger partial charge on any atom is -0.496 e. The third kappa shape index (κ3) is 7.59. The van der Waals surface area contributed by atoms with Crippen LogP contribution in [-0.4, -0.2) is 42.0 Å². The number of anilines is 2. The van der Waals surface area contributed by atoms with E-state index in [4.69, 9.17) is 19.2 Å². The molecular formula is C31H28BrFN4O5S2. The highest BCUT2D eigenvalue weighted by Gasteiger charge is 2.16. The van der Waals surface area contributed by atoms with Crippen LogP contribution in [0.15, 0.2) is 70.8 Å². The number of nitrogens with one attached hydrogen (secondary N) is 1. The van der Waals surface area contributed by atoms with E-state index in [2.05, 4.69) is 31.2 Å². The van der Waals surface area contributed by atoms with Gasteiger partial charge in [0, 0.05) is 28.1 Å². The fourth-order valence-corrected chi connectivity index (χ4v) is 6.11. The lowest BCUT2D eigenvalue weighted by atomic mass is 10.1. The Morgan fingerprint density at radius 2 is 1.91 bits per heavy atom. The lowest BCUT2D eigenvalue weighted by Gasteiger charge is -2.13. The van der Waals surface area contributed by atoms with E-state index in [1.54, 1.807) is 19.2 Å². The molecule has 0 atom stereocenters. The van der Waals surface area contributed by atoms with Gasteiger partial charge in [-0.2, -0.15) is 8.42 Å².